The third-order valence-corrected chi connectivity index (χ3v) is 11.0. The summed E-state index contributed by atoms with van der Waals surface area (Å²) in [6.45, 7) is 0. The molecule has 2 heterocycles. The quantitative estimate of drug-likeness (QED) is 0.0256. The topological polar surface area (TPSA) is 232 Å². The van der Waals surface area contributed by atoms with E-state index in [1.165, 1.54) is 36.4 Å². The summed E-state index contributed by atoms with van der Waals surface area (Å²) >= 11 is 0. The van der Waals surface area contributed by atoms with Crippen molar-refractivity contribution in [2.45, 2.75) is 9.79 Å². The molecule has 0 bridgehead atoms. The number of hydrogen-bond donors (Lipinski definition) is 8. The molecule has 0 amide bonds. The van der Waals surface area contributed by atoms with Crippen molar-refractivity contribution in [3.63, 3.8) is 0 Å². The summed E-state index contributed by atoms with van der Waals surface area (Å²) in [6.07, 6.45) is 2.62. The van der Waals surface area contributed by atoms with Gasteiger partial charge in [-0.2, -0.15) is 36.8 Å². The van der Waals surface area contributed by atoms with Crippen molar-refractivity contribution in [3.8, 4) is 0 Å². The number of nitrogens with one attached hydrogen (secondary N) is 6. The normalized spacial score (nSPS) is 11.1. The molecule has 6 aromatic carbocycles. The molecule has 0 atom stereocenters. The van der Waals surface area contributed by atoms with Gasteiger partial charge in [-0.3, -0.25) is 9.11 Å². The van der Waals surface area contributed by atoms with Crippen molar-refractivity contribution in [1.29, 1.82) is 0 Å². The molecule has 8 rings (SSSR count). The number of hydrogen-bond acceptors (Lipinski definition) is 14. The van der Waals surface area contributed by atoms with E-state index >= 15 is 0 Å². The second-order valence-corrected chi connectivity index (χ2v) is 16.7. The molecule has 324 valence electrons. The Kier molecular flexibility index (Phi) is 16.7. The third kappa shape index (κ3) is 13.7. The molecule has 2 aromatic heterocycles. The van der Waals surface area contributed by atoms with Gasteiger partial charge in [0, 0.05) is 46.3 Å². The Hall–Kier alpha value is -6.16. The molecular weight excluding hydrogens is 899 g/mol. The number of aromatic nitrogens is 4. The Bertz CT molecular complexity index is 2850. The molecule has 0 aliphatic carbocycles. The molecule has 0 saturated heterocycles. The third-order valence-electron chi connectivity index (χ3n) is 9.17. The van der Waals surface area contributed by atoms with E-state index in [9.17, 15) is 25.9 Å². The molecule has 16 nitrogen and oxygen atoms in total. The number of anilines is 12. The van der Waals surface area contributed by atoms with E-state index in [1.54, 1.807) is 24.3 Å². The van der Waals surface area contributed by atoms with Crippen LogP contribution in [0.15, 0.2) is 180 Å². The summed E-state index contributed by atoms with van der Waals surface area (Å²) in [5.74, 6) is 1.92. The van der Waals surface area contributed by atoms with Gasteiger partial charge in [0.05, 0.1) is 0 Å². The molecule has 0 fully saturated rings. The fraction of sp³-hybridized carbons (Fsp3) is 0. The number of rotatable bonds is 16. The van der Waals surface area contributed by atoms with Gasteiger partial charge in [-0.25, -0.2) is 0 Å². The van der Waals surface area contributed by atoms with E-state index in [0.29, 0.717) is 11.6 Å². The zero-order chi connectivity index (χ0) is 44.5. The summed E-state index contributed by atoms with van der Waals surface area (Å²) in [7, 11) is -9.65. The van der Waals surface area contributed by atoms with Crippen LogP contribution in [0.5, 0.6) is 0 Å². The van der Waals surface area contributed by atoms with Crippen LogP contribution < -0.4 is 31.9 Å². The minimum atomic E-state index is -4.83. The zero-order valence-corrected chi connectivity index (χ0v) is 35.1. The molecule has 0 unspecified atom stereocenters. The molecule has 0 radical (unpaired) electrons. The molecule has 0 saturated carbocycles. The monoisotopic (exact) mass is 938 g/mol. The molecule has 66 heavy (non-hydrogen) atoms. The SMILES string of the molecule is O=S(=O)(O)c1cc(Nc2cc(Nc3ccccc3)nc(Nc3ccccc3)n2)ccc1C=Cc1ccc(Nc2cc(Nc3ccccc3)nc(Nc3ccccc3)n2)cc1S(=O)(=O)O.[NaH].[NaH]. The molecule has 0 aliphatic rings. The average Bonchev–Trinajstić information content (AvgIpc) is 3.27. The van der Waals surface area contributed by atoms with Crippen LogP contribution in [-0.4, -0.2) is 105 Å². The Labute approximate surface area is 425 Å². The van der Waals surface area contributed by atoms with Crippen LogP contribution in [0.25, 0.3) is 12.2 Å². The fourth-order valence-electron chi connectivity index (χ4n) is 6.32. The van der Waals surface area contributed by atoms with Crippen LogP contribution in [0.4, 0.5) is 69.3 Å². The van der Waals surface area contributed by atoms with Crippen LogP contribution >= 0.6 is 0 Å². The Morgan fingerprint density at radius 2 is 0.621 bits per heavy atom. The first-order valence-electron chi connectivity index (χ1n) is 19.4. The number of nitrogens with zero attached hydrogens (tertiary/aromatic N) is 4. The molecule has 20 heteroatoms. The Morgan fingerprint density at radius 1 is 0.348 bits per heavy atom. The van der Waals surface area contributed by atoms with E-state index in [2.05, 4.69) is 51.8 Å². The van der Waals surface area contributed by atoms with E-state index in [-0.39, 0.29) is 105 Å². The van der Waals surface area contributed by atoms with Crippen molar-refractivity contribution in [1.82, 2.24) is 19.9 Å². The second kappa shape index (κ2) is 22.4. The molecular formula is C46H40N10Na2O6S2. The van der Waals surface area contributed by atoms with Crippen molar-refractivity contribution in [2.75, 3.05) is 31.9 Å². The molecule has 0 spiro atoms. The van der Waals surface area contributed by atoms with E-state index < -0.39 is 30.0 Å². The van der Waals surface area contributed by atoms with Gasteiger partial charge < -0.3 is 31.9 Å². The van der Waals surface area contributed by atoms with Crippen molar-refractivity contribution >= 4 is 161 Å². The van der Waals surface area contributed by atoms with Crippen molar-refractivity contribution in [3.05, 3.63) is 181 Å². The van der Waals surface area contributed by atoms with Crippen LogP contribution in [-0.2, 0) is 20.2 Å². The van der Waals surface area contributed by atoms with E-state index in [4.69, 9.17) is 0 Å². The Morgan fingerprint density at radius 3 is 0.909 bits per heavy atom. The summed E-state index contributed by atoms with van der Waals surface area (Å²) in [5.41, 5.74) is 3.57. The zero-order valence-electron chi connectivity index (χ0n) is 33.5. The predicted octanol–water partition coefficient (Wildman–Crippen LogP) is 9.10. The average molecular weight is 939 g/mol. The van der Waals surface area contributed by atoms with Gasteiger partial charge in [0.15, 0.2) is 0 Å². The van der Waals surface area contributed by atoms with Crippen LogP contribution in [0.1, 0.15) is 11.1 Å². The Balaban J connectivity index is 0.00000360. The summed E-state index contributed by atoms with van der Waals surface area (Å²) in [5, 5.41) is 19.0. The van der Waals surface area contributed by atoms with Crippen LogP contribution in [0.3, 0.4) is 0 Å². The van der Waals surface area contributed by atoms with Crippen molar-refractivity contribution in [2.24, 2.45) is 0 Å². The van der Waals surface area contributed by atoms with Crippen LogP contribution in [0.2, 0.25) is 0 Å². The van der Waals surface area contributed by atoms with Gasteiger partial charge in [-0.15, -0.1) is 0 Å². The van der Waals surface area contributed by atoms with E-state index in [1.807, 2.05) is 121 Å². The van der Waals surface area contributed by atoms with Crippen molar-refractivity contribution < 1.29 is 25.9 Å². The van der Waals surface area contributed by atoms with E-state index in [0.717, 1.165) is 22.7 Å². The van der Waals surface area contributed by atoms with Gasteiger partial charge in [0.1, 0.15) is 33.1 Å². The first kappa shape index (κ1) is 49.3. The standard InChI is InChI=1S/C46H38N10O6S2.2Na.2H/c57-63(58,59)39-27-37(49-43-29-41(47-33-13-5-1-6-14-33)53-45(55-43)51-35-17-9-3-10-18-35)25-23-31(39)21-22-32-24-26-38(28-40(32)64(60,61)62)50-44-30-42(48-34-15-7-2-8-16-34)54-46(56-44)52-36-19-11-4-12-20-36;;;;/h1-30H,(H,57,58,59)(H,60,61,62)(H3,47,49,51,53,55)(H3,48,50,52,54,56);;;;. The van der Waals surface area contributed by atoms with Gasteiger partial charge in [-0.1, -0.05) is 97.1 Å². The molecule has 8 N–H and O–H groups in total. The number of para-hydroxylation sites is 4. The maximum atomic E-state index is 12.8. The van der Waals surface area contributed by atoms with Crippen LogP contribution in [0, 0.1) is 0 Å². The van der Waals surface area contributed by atoms with Gasteiger partial charge in [0.25, 0.3) is 20.2 Å². The fourth-order valence-corrected chi connectivity index (χ4v) is 7.74. The minimum absolute atomic E-state index is 0. The summed E-state index contributed by atoms with van der Waals surface area (Å²) in [4.78, 5) is 17.3. The summed E-state index contributed by atoms with van der Waals surface area (Å²) in [6, 6.07) is 49.0. The first-order valence-corrected chi connectivity index (χ1v) is 22.3. The van der Waals surface area contributed by atoms with Gasteiger partial charge >= 0.3 is 59.1 Å². The maximum absolute atomic E-state index is 12.8. The summed E-state index contributed by atoms with van der Waals surface area (Å²) < 4.78 is 71.7. The molecule has 8 aromatic rings. The van der Waals surface area contributed by atoms with Gasteiger partial charge in [0.2, 0.25) is 11.9 Å². The van der Waals surface area contributed by atoms with Gasteiger partial charge in [-0.05, 0) is 83.9 Å². The predicted molar refractivity (Wildman–Crippen MR) is 265 cm³/mol. The second-order valence-electron chi connectivity index (χ2n) is 13.9. The number of benzene rings is 6. The first-order chi connectivity index (χ1) is 30.9. The molecule has 0 aliphatic heterocycles.